The normalized spacial score (nSPS) is 23.1. The van der Waals surface area contributed by atoms with Crippen molar-refractivity contribution in [1.82, 2.24) is 0 Å². The smallest absolute Gasteiger partial charge is 0.346 e. The van der Waals surface area contributed by atoms with E-state index in [2.05, 4.69) is 20.8 Å². The van der Waals surface area contributed by atoms with Gasteiger partial charge in [-0.2, -0.15) is 0 Å². The van der Waals surface area contributed by atoms with Crippen molar-refractivity contribution in [3.05, 3.63) is 0 Å². The van der Waals surface area contributed by atoms with E-state index in [-0.39, 0.29) is 0 Å². The predicted octanol–water partition coefficient (Wildman–Crippen LogP) is 4.25. The summed E-state index contributed by atoms with van der Waals surface area (Å²) in [6.45, 7) is 6.95. The highest BCUT2D eigenvalue weighted by molar-refractivity contribution is 6.72. The largest absolute Gasteiger partial charge is 0.397 e. The van der Waals surface area contributed by atoms with E-state index < -0.39 is 8.56 Å². The zero-order valence-corrected chi connectivity index (χ0v) is 12.6. The molecule has 3 heteroatoms. The molecule has 0 aromatic carbocycles. The van der Waals surface area contributed by atoms with E-state index in [1.807, 2.05) is 14.2 Å². The fourth-order valence-electron chi connectivity index (χ4n) is 3.52. The van der Waals surface area contributed by atoms with Crippen molar-refractivity contribution in [1.29, 1.82) is 0 Å². The van der Waals surface area contributed by atoms with Gasteiger partial charge in [0.15, 0.2) is 0 Å². The van der Waals surface area contributed by atoms with Gasteiger partial charge in [-0.25, -0.2) is 0 Å². The van der Waals surface area contributed by atoms with Gasteiger partial charge in [0, 0.05) is 24.8 Å². The van der Waals surface area contributed by atoms with Crippen LogP contribution in [0.1, 0.15) is 59.3 Å². The second kappa shape index (κ2) is 5.65. The Morgan fingerprint density at radius 2 is 1.62 bits per heavy atom. The highest BCUT2D eigenvalue weighted by Crippen LogP contribution is 2.55. The molecule has 1 aliphatic carbocycles. The molecule has 1 aliphatic rings. The summed E-state index contributed by atoms with van der Waals surface area (Å²) >= 11 is 0. The van der Waals surface area contributed by atoms with Gasteiger partial charge in [0.05, 0.1) is 0 Å². The Balaban J connectivity index is 2.98. The molecule has 0 aliphatic heterocycles. The molecule has 1 fully saturated rings. The summed E-state index contributed by atoms with van der Waals surface area (Å²) in [6, 6.07) is 0. The monoisotopic (exact) mass is 244 g/mol. The summed E-state index contributed by atoms with van der Waals surface area (Å²) in [5, 5.41) is 0.310. The molecule has 0 heterocycles. The quantitative estimate of drug-likeness (QED) is 0.673. The Hall–Kier alpha value is 0.137. The van der Waals surface area contributed by atoms with Crippen molar-refractivity contribution in [2.45, 2.75) is 69.9 Å². The third kappa shape index (κ3) is 2.22. The first-order chi connectivity index (χ1) is 7.56. The van der Waals surface area contributed by atoms with Crippen molar-refractivity contribution >= 4 is 8.56 Å². The van der Waals surface area contributed by atoms with Gasteiger partial charge >= 0.3 is 8.56 Å². The van der Waals surface area contributed by atoms with Gasteiger partial charge in [0.25, 0.3) is 0 Å². The zero-order chi connectivity index (χ0) is 12.2. The molecule has 0 N–H and O–H groups in total. The van der Waals surface area contributed by atoms with Crippen molar-refractivity contribution in [2.75, 3.05) is 14.2 Å². The van der Waals surface area contributed by atoms with Crippen LogP contribution < -0.4 is 0 Å². The molecule has 1 atom stereocenters. The summed E-state index contributed by atoms with van der Waals surface area (Å²) < 4.78 is 12.0. The Kier molecular flexibility index (Phi) is 5.01. The van der Waals surface area contributed by atoms with Gasteiger partial charge < -0.3 is 8.85 Å². The van der Waals surface area contributed by atoms with Crippen molar-refractivity contribution in [3.63, 3.8) is 0 Å². The number of rotatable bonds is 5. The van der Waals surface area contributed by atoms with Crippen LogP contribution >= 0.6 is 0 Å². The zero-order valence-electron chi connectivity index (χ0n) is 11.6. The summed E-state index contributed by atoms with van der Waals surface area (Å²) in [5.41, 5.74) is 0.575. The van der Waals surface area contributed by atoms with Crippen LogP contribution in [0.15, 0.2) is 0 Å². The molecule has 0 aromatic rings. The minimum Gasteiger partial charge on any atom is -0.397 e. The third-order valence-corrected chi connectivity index (χ3v) is 9.77. The van der Waals surface area contributed by atoms with E-state index in [0.717, 1.165) is 6.42 Å². The molecule has 96 valence electrons. The average molecular weight is 244 g/mol. The van der Waals surface area contributed by atoms with Crippen LogP contribution in [-0.4, -0.2) is 22.8 Å². The van der Waals surface area contributed by atoms with Crippen LogP contribution in [-0.2, 0) is 8.85 Å². The van der Waals surface area contributed by atoms with Gasteiger partial charge in [-0.05, 0) is 12.8 Å². The molecule has 1 unspecified atom stereocenters. The van der Waals surface area contributed by atoms with Crippen LogP contribution in [0.3, 0.4) is 0 Å². The summed E-state index contributed by atoms with van der Waals surface area (Å²) in [6.07, 6.45) is 7.79. The Morgan fingerprint density at radius 1 is 1.12 bits per heavy atom. The first-order valence-electron chi connectivity index (χ1n) is 6.66. The van der Waals surface area contributed by atoms with Crippen LogP contribution in [0, 0.1) is 0 Å². The molecule has 1 rings (SSSR count). The lowest BCUT2D eigenvalue weighted by atomic mass is 9.90. The topological polar surface area (TPSA) is 18.5 Å². The Bertz CT molecular complexity index is 208. The molecule has 0 saturated heterocycles. The van der Waals surface area contributed by atoms with Crippen LogP contribution in [0.2, 0.25) is 10.6 Å². The highest BCUT2D eigenvalue weighted by atomic mass is 28.4. The predicted molar refractivity (Wildman–Crippen MR) is 70.9 cm³/mol. The van der Waals surface area contributed by atoms with E-state index in [1.165, 1.54) is 32.1 Å². The lowest BCUT2D eigenvalue weighted by Gasteiger charge is -2.48. The fraction of sp³-hybridized carbons (Fsp3) is 1.00. The van der Waals surface area contributed by atoms with Crippen LogP contribution in [0.4, 0.5) is 0 Å². The molecule has 2 nitrogen and oxygen atoms in total. The lowest BCUT2D eigenvalue weighted by Crippen LogP contribution is -2.54. The second-order valence-corrected chi connectivity index (χ2v) is 9.85. The minimum absolute atomic E-state index is 0.310. The van der Waals surface area contributed by atoms with Crippen molar-refractivity contribution in [2.24, 2.45) is 0 Å². The first kappa shape index (κ1) is 14.2. The van der Waals surface area contributed by atoms with Gasteiger partial charge in [-0.3, -0.25) is 0 Å². The second-order valence-electron chi connectivity index (χ2n) is 5.51. The molecule has 0 aromatic heterocycles. The maximum Gasteiger partial charge on any atom is 0.346 e. The Morgan fingerprint density at radius 3 is 2.00 bits per heavy atom. The molecular weight excluding hydrogens is 216 g/mol. The average Bonchev–Trinajstić information content (AvgIpc) is 2.31. The Labute approximate surface area is 102 Å². The highest BCUT2D eigenvalue weighted by Gasteiger charge is 2.56. The molecule has 16 heavy (non-hydrogen) atoms. The fourth-order valence-corrected chi connectivity index (χ4v) is 8.26. The van der Waals surface area contributed by atoms with Gasteiger partial charge in [0.2, 0.25) is 0 Å². The third-order valence-electron chi connectivity index (χ3n) is 4.67. The van der Waals surface area contributed by atoms with Gasteiger partial charge in [-0.15, -0.1) is 0 Å². The SMILES string of the molecule is CCC(C)[Si](OC)(OC)C1(C)CCCCC1. The van der Waals surface area contributed by atoms with E-state index in [0.29, 0.717) is 10.6 Å². The van der Waals surface area contributed by atoms with E-state index in [1.54, 1.807) is 0 Å². The molecular formula is C13H28O2Si. The van der Waals surface area contributed by atoms with E-state index in [4.69, 9.17) is 8.85 Å². The minimum atomic E-state index is -2.07. The summed E-state index contributed by atoms with van der Waals surface area (Å²) in [7, 11) is 1.66. The first-order valence-corrected chi connectivity index (χ1v) is 8.56. The molecule has 0 spiro atoms. The van der Waals surface area contributed by atoms with Crippen LogP contribution in [0.5, 0.6) is 0 Å². The lowest BCUT2D eigenvalue weighted by molar-refractivity contribution is 0.173. The van der Waals surface area contributed by atoms with E-state index in [9.17, 15) is 0 Å². The number of hydrogen-bond acceptors (Lipinski definition) is 2. The van der Waals surface area contributed by atoms with Crippen molar-refractivity contribution in [3.8, 4) is 0 Å². The maximum absolute atomic E-state index is 6.00. The molecule has 0 radical (unpaired) electrons. The standard InChI is InChI=1S/C13H28O2Si/c1-6-12(2)16(14-4,15-5)13(3)10-8-7-9-11-13/h12H,6-11H2,1-5H3. The van der Waals surface area contributed by atoms with Crippen LogP contribution in [0.25, 0.3) is 0 Å². The molecule has 1 saturated carbocycles. The summed E-state index contributed by atoms with van der Waals surface area (Å²) in [5.74, 6) is 0. The maximum atomic E-state index is 6.00. The number of hydrogen-bond donors (Lipinski definition) is 0. The summed E-state index contributed by atoms with van der Waals surface area (Å²) in [4.78, 5) is 0. The van der Waals surface area contributed by atoms with E-state index >= 15 is 0 Å². The van der Waals surface area contributed by atoms with Crippen molar-refractivity contribution < 1.29 is 8.85 Å². The van der Waals surface area contributed by atoms with Gasteiger partial charge in [-0.1, -0.05) is 46.5 Å². The molecule has 0 amide bonds. The van der Waals surface area contributed by atoms with Gasteiger partial charge in [0.1, 0.15) is 0 Å². The molecule has 0 bridgehead atoms.